The zero-order valence-electron chi connectivity index (χ0n) is 9.71. The summed E-state index contributed by atoms with van der Waals surface area (Å²) in [5.41, 5.74) is -1.05. The van der Waals surface area contributed by atoms with Crippen molar-refractivity contribution in [3.05, 3.63) is 12.2 Å². The van der Waals surface area contributed by atoms with Crippen LogP contribution in [0.1, 0.15) is 39.5 Å². The predicted molar refractivity (Wildman–Crippen MR) is 57.4 cm³/mol. The molecule has 16 heavy (non-hydrogen) atoms. The highest BCUT2D eigenvalue weighted by Gasteiger charge is 2.73. The molecule has 3 rings (SSSR count). The van der Waals surface area contributed by atoms with Crippen molar-refractivity contribution < 1.29 is 14.3 Å². The predicted octanol–water partition coefficient (Wildman–Crippen LogP) is 2.21. The molecule has 3 heteroatoms. The van der Waals surface area contributed by atoms with Gasteiger partial charge in [0.05, 0.1) is 10.8 Å². The Balaban J connectivity index is 2.20. The second-order valence-corrected chi connectivity index (χ2v) is 6.24. The zero-order chi connectivity index (χ0) is 11.6. The number of esters is 2. The normalized spacial score (nSPS) is 44.1. The SMILES string of the molecule is CC1(C)C[C@]23CC=CC[C@]2(C1)C(=O)OC3=O. The Morgan fingerprint density at radius 1 is 1.00 bits per heavy atom. The zero-order valence-corrected chi connectivity index (χ0v) is 9.71. The molecule has 86 valence electrons. The summed E-state index contributed by atoms with van der Waals surface area (Å²) in [6, 6.07) is 0. The van der Waals surface area contributed by atoms with Crippen LogP contribution < -0.4 is 0 Å². The third-order valence-corrected chi connectivity index (χ3v) is 4.54. The molecule has 0 aromatic carbocycles. The summed E-state index contributed by atoms with van der Waals surface area (Å²) in [6.07, 6.45) is 6.94. The smallest absolute Gasteiger partial charge is 0.321 e. The van der Waals surface area contributed by atoms with Gasteiger partial charge in [-0.2, -0.15) is 0 Å². The van der Waals surface area contributed by atoms with Crippen molar-refractivity contribution in [3.63, 3.8) is 0 Å². The lowest BCUT2D eigenvalue weighted by Gasteiger charge is -2.35. The third-order valence-electron chi connectivity index (χ3n) is 4.54. The van der Waals surface area contributed by atoms with Crippen LogP contribution >= 0.6 is 0 Å². The van der Waals surface area contributed by atoms with Gasteiger partial charge in [-0.1, -0.05) is 26.0 Å². The first kappa shape index (κ1) is 10.1. The molecule has 0 radical (unpaired) electrons. The quantitative estimate of drug-likeness (QED) is 0.357. The molecule has 3 nitrogen and oxygen atoms in total. The van der Waals surface area contributed by atoms with E-state index in [9.17, 15) is 9.59 Å². The number of hydrogen-bond donors (Lipinski definition) is 0. The highest BCUT2D eigenvalue weighted by atomic mass is 16.6. The van der Waals surface area contributed by atoms with Crippen LogP contribution in [0.3, 0.4) is 0 Å². The van der Waals surface area contributed by atoms with Gasteiger partial charge in [0, 0.05) is 0 Å². The van der Waals surface area contributed by atoms with Gasteiger partial charge < -0.3 is 4.74 Å². The number of allylic oxidation sites excluding steroid dienone is 2. The van der Waals surface area contributed by atoms with Gasteiger partial charge in [-0.25, -0.2) is 0 Å². The molecular formula is C13H16O3. The number of ether oxygens (including phenoxy) is 1. The van der Waals surface area contributed by atoms with Crippen molar-refractivity contribution in [3.8, 4) is 0 Å². The van der Waals surface area contributed by atoms with Crippen LogP contribution in [0.25, 0.3) is 0 Å². The van der Waals surface area contributed by atoms with Gasteiger partial charge in [0.2, 0.25) is 0 Å². The van der Waals surface area contributed by atoms with Crippen LogP contribution in [0.15, 0.2) is 12.2 Å². The summed E-state index contributed by atoms with van der Waals surface area (Å²) in [5, 5.41) is 0. The van der Waals surface area contributed by atoms with Crippen LogP contribution in [0, 0.1) is 16.2 Å². The Hall–Kier alpha value is -1.12. The molecule has 2 atom stereocenters. The monoisotopic (exact) mass is 220 g/mol. The van der Waals surface area contributed by atoms with Crippen LogP contribution in [0.2, 0.25) is 0 Å². The standard InChI is InChI=1S/C13H16O3/c1-11(2)7-12-5-3-4-6-13(12,8-11)10(15)16-9(12)14/h3-4H,5-8H2,1-2H3/t12-,13-/m0/s1. The fraction of sp³-hybridized carbons (Fsp3) is 0.692. The summed E-state index contributed by atoms with van der Waals surface area (Å²) in [4.78, 5) is 24.1. The number of hydrogen-bond acceptors (Lipinski definition) is 3. The van der Waals surface area contributed by atoms with E-state index in [1.54, 1.807) is 0 Å². The summed E-state index contributed by atoms with van der Waals surface area (Å²) in [6.45, 7) is 4.28. The molecule has 3 aliphatic rings. The first-order chi connectivity index (χ1) is 7.42. The van der Waals surface area contributed by atoms with Crippen LogP contribution in [-0.2, 0) is 14.3 Å². The number of carbonyl (C=O) groups excluding carboxylic acids is 2. The summed E-state index contributed by atoms with van der Waals surface area (Å²) in [7, 11) is 0. The highest BCUT2D eigenvalue weighted by Crippen LogP contribution is 2.68. The molecule has 1 aliphatic heterocycles. The maximum absolute atomic E-state index is 12.0. The lowest BCUT2D eigenvalue weighted by Crippen LogP contribution is -2.41. The minimum absolute atomic E-state index is 0.0567. The maximum atomic E-state index is 12.0. The number of carbonyl (C=O) groups is 2. The van der Waals surface area contributed by atoms with Crippen molar-refractivity contribution >= 4 is 11.9 Å². The molecule has 1 saturated heterocycles. The molecule has 2 aliphatic carbocycles. The van der Waals surface area contributed by atoms with Crippen molar-refractivity contribution in [2.45, 2.75) is 39.5 Å². The molecule has 0 aromatic rings. The molecule has 0 amide bonds. The average molecular weight is 220 g/mol. The highest BCUT2D eigenvalue weighted by molar-refractivity contribution is 6.03. The topological polar surface area (TPSA) is 43.4 Å². The number of rotatable bonds is 0. The summed E-state index contributed by atoms with van der Waals surface area (Å²) < 4.78 is 4.93. The number of cyclic esters (lactones) is 2. The Morgan fingerprint density at radius 2 is 1.44 bits per heavy atom. The van der Waals surface area contributed by atoms with Crippen molar-refractivity contribution in [2.24, 2.45) is 16.2 Å². The minimum Gasteiger partial charge on any atom is -0.392 e. The third kappa shape index (κ3) is 0.902. The summed E-state index contributed by atoms with van der Waals surface area (Å²) >= 11 is 0. The van der Waals surface area contributed by atoms with E-state index in [2.05, 4.69) is 13.8 Å². The van der Waals surface area contributed by atoms with Gasteiger partial charge in [0.1, 0.15) is 0 Å². The van der Waals surface area contributed by atoms with E-state index >= 15 is 0 Å². The van der Waals surface area contributed by atoms with E-state index in [1.807, 2.05) is 12.2 Å². The lowest BCUT2D eigenvalue weighted by atomic mass is 9.61. The van der Waals surface area contributed by atoms with Gasteiger partial charge in [0.15, 0.2) is 0 Å². The lowest BCUT2D eigenvalue weighted by molar-refractivity contribution is -0.157. The van der Waals surface area contributed by atoms with Crippen molar-refractivity contribution in [1.29, 1.82) is 0 Å². The van der Waals surface area contributed by atoms with E-state index in [1.165, 1.54) is 0 Å². The molecule has 1 heterocycles. The Labute approximate surface area is 94.8 Å². The summed E-state index contributed by atoms with van der Waals surface area (Å²) in [5.74, 6) is -0.570. The Bertz CT molecular complexity index is 385. The Kier molecular flexibility index (Phi) is 1.62. The van der Waals surface area contributed by atoms with E-state index in [0.717, 1.165) is 12.8 Å². The van der Waals surface area contributed by atoms with Gasteiger partial charge in [0.25, 0.3) is 0 Å². The second-order valence-electron chi connectivity index (χ2n) is 6.24. The van der Waals surface area contributed by atoms with E-state index in [-0.39, 0.29) is 17.4 Å². The van der Waals surface area contributed by atoms with Crippen molar-refractivity contribution in [2.75, 3.05) is 0 Å². The van der Waals surface area contributed by atoms with Crippen molar-refractivity contribution in [1.82, 2.24) is 0 Å². The van der Waals surface area contributed by atoms with Crippen LogP contribution in [0.4, 0.5) is 0 Å². The Morgan fingerprint density at radius 3 is 1.88 bits per heavy atom. The maximum Gasteiger partial charge on any atom is 0.321 e. The molecule has 1 saturated carbocycles. The fourth-order valence-electron chi connectivity index (χ4n) is 4.12. The van der Waals surface area contributed by atoms with E-state index < -0.39 is 10.8 Å². The minimum atomic E-state index is -0.553. The molecule has 0 spiro atoms. The van der Waals surface area contributed by atoms with Crippen LogP contribution in [0.5, 0.6) is 0 Å². The van der Waals surface area contributed by atoms with E-state index in [0.29, 0.717) is 12.8 Å². The molecule has 0 N–H and O–H groups in total. The van der Waals surface area contributed by atoms with Crippen LogP contribution in [-0.4, -0.2) is 11.9 Å². The molecular weight excluding hydrogens is 204 g/mol. The van der Waals surface area contributed by atoms with Gasteiger partial charge in [-0.3, -0.25) is 9.59 Å². The van der Waals surface area contributed by atoms with E-state index in [4.69, 9.17) is 4.74 Å². The largest absolute Gasteiger partial charge is 0.392 e. The van der Waals surface area contributed by atoms with Gasteiger partial charge in [-0.05, 0) is 31.1 Å². The first-order valence-electron chi connectivity index (χ1n) is 5.84. The molecule has 0 unspecified atom stereocenters. The first-order valence-corrected chi connectivity index (χ1v) is 5.84. The second kappa shape index (κ2) is 2.58. The molecule has 0 bridgehead atoms. The average Bonchev–Trinajstić information content (AvgIpc) is 2.55. The molecule has 0 aromatic heterocycles. The van der Waals surface area contributed by atoms with Gasteiger partial charge in [-0.15, -0.1) is 0 Å². The fourth-order valence-corrected chi connectivity index (χ4v) is 4.12. The van der Waals surface area contributed by atoms with Gasteiger partial charge >= 0.3 is 11.9 Å². The molecule has 2 fully saturated rings.